The van der Waals surface area contributed by atoms with E-state index in [-0.39, 0.29) is 24.3 Å². The van der Waals surface area contributed by atoms with Crippen molar-refractivity contribution in [1.82, 2.24) is 4.90 Å². The van der Waals surface area contributed by atoms with Crippen LogP contribution in [0.4, 0.5) is 0 Å². The van der Waals surface area contributed by atoms with Crippen molar-refractivity contribution in [3.05, 3.63) is 65.7 Å². The first-order chi connectivity index (χ1) is 12.6. The average molecular weight is 353 g/mol. The van der Waals surface area contributed by atoms with Crippen LogP contribution in [-0.4, -0.2) is 43.0 Å². The maximum absolute atomic E-state index is 12.8. The number of ether oxygens (including phenoxy) is 1. The Hall–Kier alpha value is -2.86. The van der Waals surface area contributed by atoms with Gasteiger partial charge in [-0.25, -0.2) is 0 Å². The summed E-state index contributed by atoms with van der Waals surface area (Å²) in [6.07, 6.45) is 0. The normalized spacial score (nSPS) is 19.3. The van der Waals surface area contributed by atoms with Gasteiger partial charge in [-0.3, -0.25) is 9.59 Å². The first kappa shape index (κ1) is 17.9. The molecule has 0 unspecified atom stereocenters. The zero-order chi connectivity index (χ0) is 18.5. The Labute approximate surface area is 152 Å². The third kappa shape index (κ3) is 4.03. The molecular formula is C20H23N3O3. The molecule has 2 aromatic rings. The average Bonchev–Trinajstić information content (AvgIpc) is 3.11. The standard InChI is InChI=1S/C20H23N3O3/c21-10-16-11-23(12-18(16)14-4-2-1-3-5-14)20(25)15-6-8-17(9-7-15)26-13-19(22)24/h1-9,16,18H,10-13,21H2,(H2,22,24)/t16-,18+/m1/s1. The first-order valence-corrected chi connectivity index (χ1v) is 8.64. The van der Waals surface area contributed by atoms with Gasteiger partial charge in [-0.15, -0.1) is 0 Å². The van der Waals surface area contributed by atoms with Crippen molar-refractivity contribution < 1.29 is 14.3 Å². The number of nitrogens with two attached hydrogens (primary N) is 2. The van der Waals surface area contributed by atoms with Gasteiger partial charge in [-0.05, 0) is 42.3 Å². The number of benzene rings is 2. The van der Waals surface area contributed by atoms with Crippen molar-refractivity contribution in [3.63, 3.8) is 0 Å². The number of amides is 2. The fraction of sp³-hybridized carbons (Fsp3) is 0.300. The lowest BCUT2D eigenvalue weighted by atomic mass is 9.89. The molecule has 0 spiro atoms. The zero-order valence-corrected chi connectivity index (χ0v) is 14.5. The smallest absolute Gasteiger partial charge is 0.255 e. The van der Waals surface area contributed by atoms with Gasteiger partial charge >= 0.3 is 0 Å². The minimum absolute atomic E-state index is 0.0247. The molecule has 2 atom stereocenters. The minimum atomic E-state index is -0.540. The number of carbonyl (C=O) groups excluding carboxylic acids is 2. The molecular weight excluding hydrogens is 330 g/mol. The molecule has 0 aliphatic carbocycles. The summed E-state index contributed by atoms with van der Waals surface area (Å²) in [5.41, 5.74) is 12.8. The van der Waals surface area contributed by atoms with Gasteiger partial charge in [0.15, 0.2) is 6.61 Å². The van der Waals surface area contributed by atoms with Gasteiger partial charge < -0.3 is 21.1 Å². The monoisotopic (exact) mass is 353 g/mol. The van der Waals surface area contributed by atoms with Gasteiger partial charge in [0, 0.05) is 24.6 Å². The van der Waals surface area contributed by atoms with Crippen molar-refractivity contribution in [1.29, 1.82) is 0 Å². The van der Waals surface area contributed by atoms with Crippen LogP contribution in [-0.2, 0) is 4.79 Å². The van der Waals surface area contributed by atoms with E-state index in [1.165, 1.54) is 5.56 Å². The molecule has 0 radical (unpaired) electrons. The molecule has 3 rings (SSSR count). The van der Waals surface area contributed by atoms with Crippen molar-refractivity contribution in [2.75, 3.05) is 26.2 Å². The lowest BCUT2D eigenvalue weighted by molar-refractivity contribution is -0.119. The van der Waals surface area contributed by atoms with Crippen molar-refractivity contribution in [2.45, 2.75) is 5.92 Å². The fourth-order valence-corrected chi connectivity index (χ4v) is 3.38. The van der Waals surface area contributed by atoms with E-state index in [1.807, 2.05) is 23.1 Å². The van der Waals surface area contributed by atoms with Crippen LogP contribution in [0, 0.1) is 5.92 Å². The number of hydrogen-bond acceptors (Lipinski definition) is 4. The van der Waals surface area contributed by atoms with Gasteiger partial charge in [0.05, 0.1) is 0 Å². The predicted octanol–water partition coefficient (Wildman–Crippen LogP) is 1.37. The maximum Gasteiger partial charge on any atom is 0.255 e. The highest BCUT2D eigenvalue weighted by Crippen LogP contribution is 2.32. The van der Waals surface area contributed by atoms with Crippen LogP contribution in [0.5, 0.6) is 5.75 Å². The summed E-state index contributed by atoms with van der Waals surface area (Å²) in [5, 5.41) is 0. The topological polar surface area (TPSA) is 98.7 Å². The molecule has 4 N–H and O–H groups in total. The van der Waals surface area contributed by atoms with Gasteiger partial charge in [-0.1, -0.05) is 30.3 Å². The molecule has 0 saturated carbocycles. The number of carbonyl (C=O) groups is 2. The van der Waals surface area contributed by atoms with E-state index in [9.17, 15) is 9.59 Å². The summed E-state index contributed by atoms with van der Waals surface area (Å²) in [7, 11) is 0. The van der Waals surface area contributed by atoms with Crippen molar-refractivity contribution >= 4 is 11.8 Å². The summed E-state index contributed by atoms with van der Waals surface area (Å²) >= 11 is 0. The highest BCUT2D eigenvalue weighted by molar-refractivity contribution is 5.94. The number of hydrogen-bond donors (Lipinski definition) is 2. The zero-order valence-electron chi connectivity index (χ0n) is 14.5. The third-order valence-corrected chi connectivity index (χ3v) is 4.74. The summed E-state index contributed by atoms with van der Waals surface area (Å²) < 4.78 is 5.22. The van der Waals surface area contributed by atoms with E-state index in [0.717, 1.165) is 0 Å². The summed E-state index contributed by atoms with van der Waals surface area (Å²) in [5.74, 6) is 0.442. The molecule has 0 aromatic heterocycles. The fourth-order valence-electron chi connectivity index (χ4n) is 3.38. The molecule has 1 heterocycles. The van der Waals surface area contributed by atoms with Crippen LogP contribution in [0.25, 0.3) is 0 Å². The van der Waals surface area contributed by atoms with E-state index < -0.39 is 5.91 Å². The molecule has 1 fully saturated rings. The SMILES string of the molecule is NC[C@@H]1CN(C(=O)c2ccc(OCC(N)=O)cc2)C[C@H]1c1ccccc1. The Bertz CT molecular complexity index is 762. The van der Waals surface area contributed by atoms with Crippen molar-refractivity contribution in [2.24, 2.45) is 17.4 Å². The first-order valence-electron chi connectivity index (χ1n) is 8.64. The number of rotatable bonds is 6. The van der Waals surface area contributed by atoms with E-state index in [0.29, 0.717) is 30.9 Å². The lowest BCUT2D eigenvalue weighted by Gasteiger charge is -2.17. The molecule has 0 bridgehead atoms. The van der Waals surface area contributed by atoms with Gasteiger partial charge in [0.2, 0.25) is 0 Å². The van der Waals surface area contributed by atoms with Gasteiger partial charge in [0.25, 0.3) is 11.8 Å². The highest BCUT2D eigenvalue weighted by Gasteiger charge is 2.35. The molecule has 1 aliphatic rings. The second-order valence-electron chi connectivity index (χ2n) is 6.50. The van der Waals surface area contributed by atoms with Crippen LogP contribution in [0.2, 0.25) is 0 Å². The Balaban J connectivity index is 1.69. The van der Waals surface area contributed by atoms with Crippen molar-refractivity contribution in [3.8, 4) is 5.75 Å². The summed E-state index contributed by atoms with van der Waals surface area (Å²) in [6, 6.07) is 16.9. The third-order valence-electron chi connectivity index (χ3n) is 4.74. The number of primary amides is 1. The van der Waals surface area contributed by atoms with Crippen LogP contribution in [0.15, 0.2) is 54.6 Å². The van der Waals surface area contributed by atoms with Crippen LogP contribution in [0.1, 0.15) is 21.8 Å². The quantitative estimate of drug-likeness (QED) is 0.819. The summed E-state index contributed by atoms with van der Waals surface area (Å²) in [6.45, 7) is 1.67. The lowest BCUT2D eigenvalue weighted by Crippen LogP contribution is -2.29. The van der Waals surface area contributed by atoms with E-state index in [1.54, 1.807) is 24.3 Å². The van der Waals surface area contributed by atoms with Gasteiger partial charge in [0.1, 0.15) is 5.75 Å². The Kier molecular flexibility index (Phi) is 5.53. The van der Waals surface area contributed by atoms with Crippen LogP contribution < -0.4 is 16.2 Å². The molecule has 2 amide bonds. The second-order valence-corrected chi connectivity index (χ2v) is 6.50. The molecule has 136 valence electrons. The Morgan fingerprint density at radius 1 is 1.04 bits per heavy atom. The van der Waals surface area contributed by atoms with Gasteiger partial charge in [-0.2, -0.15) is 0 Å². The summed E-state index contributed by atoms with van der Waals surface area (Å²) in [4.78, 5) is 25.4. The molecule has 2 aromatic carbocycles. The van der Waals surface area contributed by atoms with E-state index >= 15 is 0 Å². The molecule has 6 heteroatoms. The van der Waals surface area contributed by atoms with Crippen LogP contribution in [0.3, 0.4) is 0 Å². The Morgan fingerprint density at radius 3 is 2.35 bits per heavy atom. The maximum atomic E-state index is 12.8. The highest BCUT2D eigenvalue weighted by atomic mass is 16.5. The number of nitrogens with zero attached hydrogens (tertiary/aromatic N) is 1. The predicted molar refractivity (Wildman–Crippen MR) is 98.8 cm³/mol. The molecule has 26 heavy (non-hydrogen) atoms. The second kappa shape index (κ2) is 8.01. The molecule has 1 saturated heterocycles. The largest absolute Gasteiger partial charge is 0.484 e. The molecule has 6 nitrogen and oxygen atoms in total. The van der Waals surface area contributed by atoms with E-state index in [4.69, 9.17) is 16.2 Å². The van der Waals surface area contributed by atoms with Crippen LogP contribution >= 0.6 is 0 Å². The minimum Gasteiger partial charge on any atom is -0.484 e. The van der Waals surface area contributed by atoms with E-state index in [2.05, 4.69) is 12.1 Å². The number of likely N-dealkylation sites (tertiary alicyclic amines) is 1. The molecule has 1 aliphatic heterocycles. The Morgan fingerprint density at radius 2 is 1.73 bits per heavy atom.